The molecule has 0 aromatic carbocycles. The Morgan fingerprint density at radius 1 is 1.23 bits per heavy atom. The number of hydrogen-bond donors (Lipinski definition) is 3. The van der Waals surface area contributed by atoms with Gasteiger partial charge in [0.2, 0.25) is 0 Å². The van der Waals surface area contributed by atoms with Crippen molar-refractivity contribution in [2.45, 2.75) is 25.0 Å². The molecular formula is C24H24N8O3. The maximum atomic E-state index is 13.1. The second kappa shape index (κ2) is 8.51. The summed E-state index contributed by atoms with van der Waals surface area (Å²) in [5.41, 5.74) is 0.773. The highest BCUT2D eigenvalue weighted by atomic mass is 16.5. The molecule has 178 valence electrons. The number of anilines is 3. The highest BCUT2D eigenvalue weighted by Gasteiger charge is 2.46. The third-order valence-corrected chi connectivity index (χ3v) is 6.61. The van der Waals surface area contributed by atoms with Crippen molar-refractivity contribution in [3.63, 3.8) is 0 Å². The average Bonchev–Trinajstić information content (AvgIpc) is 3.47. The minimum Gasteiger partial charge on any atom is -0.376 e. The number of carbonyl (C=O) groups is 1. The normalized spacial score (nSPS) is 20.8. The summed E-state index contributed by atoms with van der Waals surface area (Å²) >= 11 is 0. The van der Waals surface area contributed by atoms with Crippen LogP contribution < -0.4 is 21.5 Å². The number of pyridine rings is 2. The van der Waals surface area contributed by atoms with Crippen LogP contribution in [0.2, 0.25) is 0 Å². The van der Waals surface area contributed by atoms with E-state index in [1.165, 1.54) is 10.8 Å². The fraction of sp³-hybridized carbons (Fsp3) is 0.292. The molecule has 4 aromatic rings. The quantitative estimate of drug-likeness (QED) is 0.389. The Hall–Kier alpha value is -4.25. The van der Waals surface area contributed by atoms with Gasteiger partial charge in [-0.1, -0.05) is 6.07 Å². The van der Waals surface area contributed by atoms with E-state index in [2.05, 4.69) is 31.0 Å². The van der Waals surface area contributed by atoms with Gasteiger partial charge in [0, 0.05) is 32.1 Å². The third-order valence-electron chi connectivity index (χ3n) is 6.61. The maximum absolute atomic E-state index is 13.1. The highest BCUT2D eigenvalue weighted by molar-refractivity contribution is 6.00. The van der Waals surface area contributed by atoms with Crippen LogP contribution in [0.1, 0.15) is 23.2 Å². The van der Waals surface area contributed by atoms with Gasteiger partial charge >= 0.3 is 0 Å². The molecule has 1 saturated heterocycles. The number of fused-ring (bicyclic) bond motifs is 2. The van der Waals surface area contributed by atoms with Crippen molar-refractivity contribution in [1.82, 2.24) is 29.5 Å². The minimum atomic E-state index is -0.276. The van der Waals surface area contributed by atoms with Crippen molar-refractivity contribution >= 4 is 28.9 Å². The fourth-order valence-corrected chi connectivity index (χ4v) is 4.77. The number of amides is 1. The lowest BCUT2D eigenvalue weighted by atomic mass is 9.77. The Morgan fingerprint density at radius 3 is 2.94 bits per heavy atom. The van der Waals surface area contributed by atoms with E-state index in [9.17, 15) is 9.59 Å². The van der Waals surface area contributed by atoms with E-state index in [0.29, 0.717) is 40.3 Å². The Morgan fingerprint density at radius 2 is 2.14 bits per heavy atom. The van der Waals surface area contributed by atoms with Gasteiger partial charge in [0.15, 0.2) is 5.65 Å². The second-order valence-corrected chi connectivity index (χ2v) is 8.68. The summed E-state index contributed by atoms with van der Waals surface area (Å²) in [5.74, 6) is 1.81. The predicted molar refractivity (Wildman–Crippen MR) is 129 cm³/mol. The first-order chi connectivity index (χ1) is 17.1. The fourth-order valence-electron chi connectivity index (χ4n) is 4.77. The van der Waals surface area contributed by atoms with Gasteiger partial charge in [0.1, 0.15) is 28.7 Å². The second-order valence-electron chi connectivity index (χ2n) is 8.68. The maximum Gasteiger partial charge on any atom is 0.279 e. The first-order valence-corrected chi connectivity index (χ1v) is 11.5. The van der Waals surface area contributed by atoms with Gasteiger partial charge in [0.05, 0.1) is 18.3 Å². The van der Waals surface area contributed by atoms with Crippen molar-refractivity contribution in [2.24, 2.45) is 5.92 Å². The van der Waals surface area contributed by atoms with Crippen LogP contribution in [0.25, 0.3) is 11.5 Å². The Kier molecular flexibility index (Phi) is 5.18. The lowest BCUT2D eigenvalue weighted by Crippen LogP contribution is -2.54. The number of nitrogens with zero attached hydrogens (tertiary/aromatic N) is 5. The van der Waals surface area contributed by atoms with E-state index in [4.69, 9.17) is 4.74 Å². The molecule has 0 radical (unpaired) electrons. The summed E-state index contributed by atoms with van der Waals surface area (Å²) in [5, 5.41) is 13.6. The molecule has 2 fully saturated rings. The number of rotatable bonds is 6. The Balaban J connectivity index is 1.31. The van der Waals surface area contributed by atoms with E-state index in [1.54, 1.807) is 54.3 Å². The smallest absolute Gasteiger partial charge is 0.279 e. The van der Waals surface area contributed by atoms with Gasteiger partial charge in [0.25, 0.3) is 11.5 Å². The molecule has 1 amide bonds. The van der Waals surface area contributed by atoms with Crippen LogP contribution in [0.5, 0.6) is 0 Å². The van der Waals surface area contributed by atoms with Gasteiger partial charge < -0.3 is 20.7 Å². The van der Waals surface area contributed by atoms with Gasteiger partial charge in [-0.05, 0) is 43.0 Å². The molecular weight excluding hydrogens is 448 g/mol. The highest BCUT2D eigenvalue weighted by Crippen LogP contribution is 2.38. The van der Waals surface area contributed by atoms with Crippen molar-refractivity contribution < 1.29 is 9.53 Å². The van der Waals surface area contributed by atoms with Crippen LogP contribution in [0.15, 0.2) is 59.8 Å². The van der Waals surface area contributed by atoms with Crippen molar-refractivity contribution in [3.8, 4) is 5.82 Å². The van der Waals surface area contributed by atoms with Crippen LogP contribution in [-0.4, -0.2) is 55.9 Å². The SMILES string of the molecule is CNc1cc(Nc2cccn(-c3ccccn3)c2=O)nc2c(C(=O)NC3C[C@H]4CCOC34)cnn12. The van der Waals surface area contributed by atoms with E-state index in [-0.39, 0.29) is 23.6 Å². The zero-order valence-electron chi connectivity index (χ0n) is 19.0. The van der Waals surface area contributed by atoms with Crippen molar-refractivity contribution in [3.05, 3.63) is 70.9 Å². The molecule has 5 heterocycles. The first kappa shape index (κ1) is 21.3. The molecule has 1 aliphatic heterocycles. The van der Waals surface area contributed by atoms with Crippen LogP contribution in [-0.2, 0) is 4.74 Å². The van der Waals surface area contributed by atoms with E-state index < -0.39 is 0 Å². The molecule has 0 bridgehead atoms. The van der Waals surface area contributed by atoms with Crippen LogP contribution >= 0.6 is 0 Å². The molecule has 35 heavy (non-hydrogen) atoms. The summed E-state index contributed by atoms with van der Waals surface area (Å²) in [7, 11) is 1.75. The number of aromatic nitrogens is 5. The van der Waals surface area contributed by atoms with Crippen LogP contribution in [0, 0.1) is 5.92 Å². The molecule has 4 aromatic heterocycles. The number of ether oxygens (including phenoxy) is 1. The number of carbonyl (C=O) groups excluding carboxylic acids is 1. The number of nitrogens with one attached hydrogen (secondary N) is 3. The molecule has 3 N–H and O–H groups in total. The molecule has 11 nitrogen and oxygen atoms in total. The predicted octanol–water partition coefficient (Wildman–Crippen LogP) is 1.97. The first-order valence-electron chi connectivity index (χ1n) is 11.5. The minimum absolute atomic E-state index is 0.00408. The topological polar surface area (TPSA) is 127 Å². The largest absolute Gasteiger partial charge is 0.376 e. The molecule has 6 rings (SSSR count). The zero-order chi connectivity index (χ0) is 23.9. The van der Waals surface area contributed by atoms with E-state index in [1.807, 2.05) is 6.07 Å². The lowest BCUT2D eigenvalue weighted by Gasteiger charge is -2.39. The number of hydrogen-bond acceptors (Lipinski definition) is 8. The molecule has 2 aliphatic rings. The van der Waals surface area contributed by atoms with E-state index in [0.717, 1.165) is 19.4 Å². The third kappa shape index (κ3) is 3.69. The Bertz CT molecular complexity index is 1460. The zero-order valence-corrected chi connectivity index (χ0v) is 19.0. The van der Waals surface area contributed by atoms with Gasteiger partial charge in [-0.15, -0.1) is 0 Å². The lowest BCUT2D eigenvalue weighted by molar-refractivity contribution is -0.000551. The monoisotopic (exact) mass is 472 g/mol. The summed E-state index contributed by atoms with van der Waals surface area (Å²) in [6.07, 6.45) is 6.86. The van der Waals surface area contributed by atoms with E-state index >= 15 is 0 Å². The summed E-state index contributed by atoms with van der Waals surface area (Å²) in [4.78, 5) is 35.0. The molecule has 2 unspecified atom stereocenters. The van der Waals surface area contributed by atoms with Crippen LogP contribution in [0.3, 0.4) is 0 Å². The Labute approximate surface area is 200 Å². The van der Waals surface area contributed by atoms with Gasteiger partial charge in [-0.25, -0.2) is 9.97 Å². The molecule has 11 heteroatoms. The summed E-state index contributed by atoms with van der Waals surface area (Å²) in [6, 6.07) is 10.5. The summed E-state index contributed by atoms with van der Waals surface area (Å²) < 4.78 is 8.75. The van der Waals surface area contributed by atoms with Crippen molar-refractivity contribution in [2.75, 3.05) is 24.3 Å². The van der Waals surface area contributed by atoms with Crippen molar-refractivity contribution in [1.29, 1.82) is 0 Å². The van der Waals surface area contributed by atoms with Gasteiger partial charge in [-0.3, -0.25) is 14.2 Å². The molecule has 3 atom stereocenters. The standard InChI is InChI=1S/C24H24N8O3/c1-25-20-12-18(28-16-5-4-9-31(24(16)34)19-6-2-3-8-26-19)30-22-15(13-27-32(20)22)23(33)29-17-11-14-7-10-35-21(14)17/h2-6,8-9,12-14,17,21,25H,7,10-11H2,1H3,(H,28,30)(H,29,33)/t14-,17?,21?/m1/s1. The molecule has 0 spiro atoms. The average molecular weight is 473 g/mol. The molecule has 1 saturated carbocycles. The molecule has 1 aliphatic carbocycles. The van der Waals surface area contributed by atoms with Crippen LogP contribution in [0.4, 0.5) is 17.3 Å². The summed E-state index contributed by atoms with van der Waals surface area (Å²) in [6.45, 7) is 0.752. The van der Waals surface area contributed by atoms with Gasteiger partial charge in [-0.2, -0.15) is 9.61 Å².